The summed E-state index contributed by atoms with van der Waals surface area (Å²) in [4.78, 5) is 23.2. The van der Waals surface area contributed by atoms with E-state index in [1.54, 1.807) is 6.92 Å². The highest BCUT2D eigenvalue weighted by Crippen LogP contribution is 2.29. The quantitative estimate of drug-likeness (QED) is 0.845. The molecule has 1 rings (SSSR count). The van der Waals surface area contributed by atoms with Crippen LogP contribution in [-0.4, -0.2) is 17.9 Å². The van der Waals surface area contributed by atoms with Gasteiger partial charge < -0.3 is 11.1 Å². The summed E-state index contributed by atoms with van der Waals surface area (Å²) in [5, 5.41) is 2.52. The molecule has 2 amide bonds. The van der Waals surface area contributed by atoms with Gasteiger partial charge in [0.05, 0.1) is 12.0 Å². The number of carbonyl (C=O) groups excluding carboxylic acids is 2. The summed E-state index contributed by atoms with van der Waals surface area (Å²) in [5.74, 6) is -1.20. The molecule has 0 spiro atoms. The monoisotopic (exact) mass is 316 g/mol. The van der Waals surface area contributed by atoms with Crippen LogP contribution in [0.5, 0.6) is 0 Å². The number of benzene rings is 1. The van der Waals surface area contributed by atoms with Crippen molar-refractivity contribution in [2.45, 2.75) is 38.9 Å². The van der Waals surface area contributed by atoms with Crippen molar-refractivity contribution in [2.75, 3.05) is 0 Å². The topological polar surface area (TPSA) is 72.2 Å². The molecule has 0 unspecified atom stereocenters. The van der Waals surface area contributed by atoms with E-state index < -0.39 is 29.6 Å². The molecular formula is C15H19F3N2O2. The van der Waals surface area contributed by atoms with Gasteiger partial charge in [-0.15, -0.1) is 0 Å². The number of nitrogens with one attached hydrogen (secondary N) is 1. The molecule has 0 fully saturated rings. The average Bonchev–Trinajstić information content (AvgIpc) is 2.43. The Kier molecular flexibility index (Phi) is 5.96. The Hall–Kier alpha value is -2.05. The molecule has 0 aliphatic heterocycles. The molecule has 1 aromatic carbocycles. The third kappa shape index (κ3) is 5.05. The fraction of sp³-hybridized carbons (Fsp3) is 0.467. The molecule has 1 aromatic rings. The van der Waals surface area contributed by atoms with Crippen molar-refractivity contribution >= 4 is 11.8 Å². The summed E-state index contributed by atoms with van der Waals surface area (Å²) in [7, 11) is 0. The minimum atomic E-state index is -4.41. The van der Waals surface area contributed by atoms with Gasteiger partial charge >= 0.3 is 6.18 Å². The molecule has 7 heteroatoms. The lowest BCUT2D eigenvalue weighted by Gasteiger charge is -2.21. The van der Waals surface area contributed by atoms with E-state index in [9.17, 15) is 22.8 Å². The summed E-state index contributed by atoms with van der Waals surface area (Å²) in [6.07, 6.45) is -3.86. The van der Waals surface area contributed by atoms with Crippen molar-refractivity contribution in [3.8, 4) is 0 Å². The normalized spacial score (nSPS) is 14.2. The number of alkyl halides is 3. The lowest BCUT2D eigenvalue weighted by Crippen LogP contribution is -2.48. The zero-order chi connectivity index (χ0) is 16.9. The van der Waals surface area contributed by atoms with Crippen LogP contribution in [0, 0.1) is 5.92 Å². The molecular weight excluding hydrogens is 297 g/mol. The van der Waals surface area contributed by atoms with Gasteiger partial charge in [-0.1, -0.05) is 32.4 Å². The fourth-order valence-corrected chi connectivity index (χ4v) is 1.95. The summed E-state index contributed by atoms with van der Waals surface area (Å²) in [5.41, 5.74) is 4.90. The van der Waals surface area contributed by atoms with Crippen molar-refractivity contribution in [2.24, 2.45) is 11.7 Å². The lowest BCUT2D eigenvalue weighted by molar-refractivity contribution is -0.137. The molecule has 3 N–H and O–H groups in total. The smallest absolute Gasteiger partial charge is 0.368 e. The maximum atomic E-state index is 12.4. The van der Waals surface area contributed by atoms with Crippen LogP contribution >= 0.6 is 0 Å². The third-order valence-electron chi connectivity index (χ3n) is 3.48. The van der Waals surface area contributed by atoms with E-state index in [-0.39, 0.29) is 12.3 Å². The molecule has 2 atom stereocenters. The van der Waals surface area contributed by atoms with Crippen molar-refractivity contribution in [3.63, 3.8) is 0 Å². The van der Waals surface area contributed by atoms with Crippen molar-refractivity contribution < 1.29 is 22.8 Å². The Labute approximate surface area is 126 Å². The summed E-state index contributed by atoms with van der Waals surface area (Å²) < 4.78 is 37.3. The van der Waals surface area contributed by atoms with Crippen LogP contribution in [-0.2, 0) is 22.2 Å². The molecule has 22 heavy (non-hydrogen) atoms. The highest BCUT2D eigenvalue weighted by molar-refractivity contribution is 5.87. The SMILES string of the molecule is CC[C@H](C)[C@@H](NC(=O)Cc1ccc(C(F)(F)F)cc1)C(N)=O. The second kappa shape index (κ2) is 7.29. The largest absolute Gasteiger partial charge is 0.416 e. The Morgan fingerprint density at radius 2 is 1.77 bits per heavy atom. The molecule has 0 saturated carbocycles. The fourth-order valence-electron chi connectivity index (χ4n) is 1.95. The van der Waals surface area contributed by atoms with E-state index in [0.29, 0.717) is 12.0 Å². The minimum Gasteiger partial charge on any atom is -0.368 e. The highest BCUT2D eigenvalue weighted by Gasteiger charge is 2.30. The second-order valence-corrected chi connectivity index (χ2v) is 5.20. The number of rotatable bonds is 6. The first kappa shape index (κ1) is 18.0. The molecule has 122 valence electrons. The van der Waals surface area contributed by atoms with E-state index in [4.69, 9.17) is 5.73 Å². The zero-order valence-corrected chi connectivity index (χ0v) is 12.4. The minimum absolute atomic E-state index is 0.113. The number of hydrogen-bond acceptors (Lipinski definition) is 2. The molecule has 0 saturated heterocycles. The zero-order valence-electron chi connectivity index (χ0n) is 12.4. The third-order valence-corrected chi connectivity index (χ3v) is 3.48. The van der Waals surface area contributed by atoms with Crippen LogP contribution < -0.4 is 11.1 Å². The Morgan fingerprint density at radius 1 is 1.23 bits per heavy atom. The summed E-state index contributed by atoms with van der Waals surface area (Å²) in [6.45, 7) is 3.65. The van der Waals surface area contributed by atoms with Crippen molar-refractivity contribution in [3.05, 3.63) is 35.4 Å². The van der Waals surface area contributed by atoms with Crippen LogP contribution in [0.3, 0.4) is 0 Å². The van der Waals surface area contributed by atoms with Crippen molar-refractivity contribution in [1.82, 2.24) is 5.32 Å². The van der Waals surface area contributed by atoms with Gasteiger partial charge in [0.25, 0.3) is 0 Å². The number of amides is 2. The average molecular weight is 316 g/mol. The Morgan fingerprint density at radius 3 is 2.18 bits per heavy atom. The summed E-state index contributed by atoms with van der Waals surface area (Å²) in [6, 6.07) is 3.54. The van der Waals surface area contributed by atoms with Crippen LogP contribution in [0.1, 0.15) is 31.4 Å². The molecule has 0 aromatic heterocycles. The first-order chi connectivity index (χ1) is 10.1. The van der Waals surface area contributed by atoms with Gasteiger partial charge in [-0.25, -0.2) is 0 Å². The van der Waals surface area contributed by atoms with E-state index in [1.807, 2.05) is 6.92 Å². The highest BCUT2D eigenvalue weighted by atomic mass is 19.4. The standard InChI is InChI=1S/C15H19F3N2O2/c1-3-9(2)13(14(19)22)20-12(21)8-10-4-6-11(7-5-10)15(16,17)18/h4-7,9,13H,3,8H2,1-2H3,(H2,19,22)(H,20,21)/t9-,13+/m0/s1. The Balaban J connectivity index is 2.70. The van der Waals surface area contributed by atoms with Crippen LogP contribution in [0.4, 0.5) is 13.2 Å². The molecule has 4 nitrogen and oxygen atoms in total. The van der Waals surface area contributed by atoms with Crippen LogP contribution in [0.25, 0.3) is 0 Å². The molecule has 0 heterocycles. The second-order valence-electron chi connectivity index (χ2n) is 5.20. The predicted molar refractivity (Wildman–Crippen MR) is 75.7 cm³/mol. The first-order valence-corrected chi connectivity index (χ1v) is 6.90. The van der Waals surface area contributed by atoms with Crippen molar-refractivity contribution in [1.29, 1.82) is 0 Å². The maximum Gasteiger partial charge on any atom is 0.416 e. The van der Waals surface area contributed by atoms with E-state index >= 15 is 0 Å². The lowest BCUT2D eigenvalue weighted by atomic mass is 9.98. The van der Waals surface area contributed by atoms with Gasteiger partial charge in [-0.2, -0.15) is 13.2 Å². The van der Waals surface area contributed by atoms with Gasteiger partial charge in [-0.05, 0) is 23.6 Å². The van der Waals surface area contributed by atoms with Gasteiger partial charge in [0, 0.05) is 0 Å². The maximum absolute atomic E-state index is 12.4. The number of halogens is 3. The number of nitrogens with two attached hydrogens (primary N) is 1. The molecule has 0 radical (unpaired) electrons. The molecule has 0 bridgehead atoms. The van der Waals surface area contributed by atoms with Gasteiger partial charge in [0.1, 0.15) is 6.04 Å². The molecule has 0 aliphatic rings. The van der Waals surface area contributed by atoms with Crippen LogP contribution in [0.2, 0.25) is 0 Å². The summed E-state index contributed by atoms with van der Waals surface area (Å²) >= 11 is 0. The van der Waals surface area contributed by atoms with Gasteiger partial charge in [0.15, 0.2) is 0 Å². The van der Waals surface area contributed by atoms with E-state index in [2.05, 4.69) is 5.32 Å². The predicted octanol–water partition coefficient (Wildman–Crippen LogP) is 2.26. The van der Waals surface area contributed by atoms with E-state index in [1.165, 1.54) is 12.1 Å². The van der Waals surface area contributed by atoms with Crippen LogP contribution in [0.15, 0.2) is 24.3 Å². The van der Waals surface area contributed by atoms with Gasteiger partial charge in [-0.3, -0.25) is 9.59 Å². The van der Waals surface area contributed by atoms with E-state index in [0.717, 1.165) is 12.1 Å². The number of carbonyl (C=O) groups is 2. The first-order valence-electron chi connectivity index (χ1n) is 6.90. The van der Waals surface area contributed by atoms with Gasteiger partial charge in [0.2, 0.25) is 11.8 Å². The molecule has 0 aliphatic carbocycles. The Bertz CT molecular complexity index is 527. The number of hydrogen-bond donors (Lipinski definition) is 2. The number of primary amides is 1.